The largest absolute Gasteiger partial charge is 0.507 e. The van der Waals surface area contributed by atoms with Crippen LogP contribution in [0.4, 0.5) is 0 Å². The summed E-state index contributed by atoms with van der Waals surface area (Å²) in [6.07, 6.45) is 1.60. The summed E-state index contributed by atoms with van der Waals surface area (Å²) in [6.45, 7) is 8.96. The monoisotopic (exact) mass is 478 g/mol. The molecule has 2 fully saturated rings. The van der Waals surface area contributed by atoms with Crippen LogP contribution in [0.3, 0.4) is 0 Å². The van der Waals surface area contributed by atoms with Crippen LogP contribution < -0.4 is 4.74 Å². The Morgan fingerprint density at radius 2 is 1.83 bits per heavy atom. The average molecular weight is 479 g/mol. The Morgan fingerprint density at radius 1 is 1.09 bits per heavy atom. The molecule has 2 aliphatic rings. The first kappa shape index (κ1) is 24.9. The van der Waals surface area contributed by atoms with Crippen molar-refractivity contribution >= 4 is 17.4 Å². The summed E-state index contributed by atoms with van der Waals surface area (Å²) in [5, 5.41) is 11.2. The number of aliphatic hydroxyl groups is 1. The molecule has 2 aromatic carbocycles. The highest BCUT2D eigenvalue weighted by atomic mass is 16.5. The zero-order chi connectivity index (χ0) is 24.8. The standard InChI is InChI=1S/C28H34N2O5/c1-3-16-35-23-7-4-6-22(19-23)25-24(26(31)21-10-8-20(2)9-11-21)27(32)28(33)30(25)13-5-12-29-14-17-34-18-15-29/h4,6-11,19,25,31H,3,5,12-18H2,1-2H3/b26-24+/t25-/m1/s1. The van der Waals surface area contributed by atoms with Crippen molar-refractivity contribution in [3.8, 4) is 5.75 Å². The summed E-state index contributed by atoms with van der Waals surface area (Å²) >= 11 is 0. The Morgan fingerprint density at radius 3 is 2.54 bits per heavy atom. The molecule has 0 unspecified atom stereocenters. The summed E-state index contributed by atoms with van der Waals surface area (Å²) < 4.78 is 11.2. The van der Waals surface area contributed by atoms with Crippen LogP contribution >= 0.6 is 0 Å². The maximum absolute atomic E-state index is 13.2. The number of carbonyl (C=O) groups excluding carboxylic acids is 2. The molecule has 0 aliphatic carbocycles. The smallest absolute Gasteiger partial charge is 0.295 e. The molecule has 2 aromatic rings. The first-order chi connectivity index (χ1) is 17.0. The highest BCUT2D eigenvalue weighted by molar-refractivity contribution is 6.46. The van der Waals surface area contributed by atoms with Gasteiger partial charge in [-0.3, -0.25) is 14.5 Å². The molecule has 0 saturated carbocycles. The van der Waals surface area contributed by atoms with Crippen LogP contribution in [-0.4, -0.2) is 72.6 Å². The number of likely N-dealkylation sites (tertiary alicyclic amines) is 1. The lowest BCUT2D eigenvalue weighted by atomic mass is 9.95. The van der Waals surface area contributed by atoms with Gasteiger partial charge in [0.15, 0.2) is 0 Å². The number of hydrogen-bond donors (Lipinski definition) is 1. The normalized spacial score (nSPS) is 20.4. The number of Topliss-reactive ketones (excluding diaryl/α,β-unsaturated/α-hetero) is 1. The predicted molar refractivity (Wildman–Crippen MR) is 134 cm³/mol. The van der Waals surface area contributed by atoms with E-state index in [9.17, 15) is 14.7 Å². The molecule has 0 aromatic heterocycles. The summed E-state index contributed by atoms with van der Waals surface area (Å²) in [4.78, 5) is 30.3. The number of carbonyl (C=O) groups is 2. The third-order valence-electron chi connectivity index (χ3n) is 6.49. The van der Waals surface area contributed by atoms with Crippen LogP contribution in [0.5, 0.6) is 5.75 Å². The van der Waals surface area contributed by atoms with Gasteiger partial charge in [-0.15, -0.1) is 0 Å². The summed E-state index contributed by atoms with van der Waals surface area (Å²) in [5.41, 5.74) is 2.43. The van der Waals surface area contributed by atoms with Crippen LogP contribution in [0.2, 0.25) is 0 Å². The van der Waals surface area contributed by atoms with E-state index in [1.807, 2.05) is 50.2 Å². The third-order valence-corrected chi connectivity index (χ3v) is 6.49. The Hall–Kier alpha value is -3.16. The number of ketones is 1. The van der Waals surface area contributed by atoms with Crippen molar-refractivity contribution in [1.29, 1.82) is 0 Å². The van der Waals surface area contributed by atoms with Gasteiger partial charge in [0.25, 0.3) is 11.7 Å². The number of aliphatic hydroxyl groups excluding tert-OH is 1. The molecule has 1 N–H and O–H groups in total. The van der Waals surface area contributed by atoms with Crippen LogP contribution in [-0.2, 0) is 14.3 Å². The number of ether oxygens (including phenoxy) is 2. The van der Waals surface area contributed by atoms with E-state index in [0.29, 0.717) is 37.7 Å². The molecule has 0 bridgehead atoms. The summed E-state index contributed by atoms with van der Waals surface area (Å²) in [5.74, 6) is -0.702. The molecular weight excluding hydrogens is 444 g/mol. The topological polar surface area (TPSA) is 79.3 Å². The van der Waals surface area contributed by atoms with Crippen LogP contribution in [0.15, 0.2) is 54.1 Å². The fourth-order valence-electron chi connectivity index (χ4n) is 4.61. The van der Waals surface area contributed by atoms with E-state index in [0.717, 1.165) is 43.6 Å². The van der Waals surface area contributed by atoms with Gasteiger partial charge in [-0.25, -0.2) is 0 Å². The van der Waals surface area contributed by atoms with E-state index in [-0.39, 0.29) is 11.3 Å². The summed E-state index contributed by atoms with van der Waals surface area (Å²) in [7, 11) is 0. The van der Waals surface area contributed by atoms with Gasteiger partial charge in [-0.05, 0) is 37.5 Å². The third kappa shape index (κ3) is 5.74. The molecule has 186 valence electrons. The Balaban J connectivity index is 1.67. The number of amides is 1. The molecular formula is C28H34N2O5. The van der Waals surface area contributed by atoms with E-state index in [2.05, 4.69) is 4.90 Å². The van der Waals surface area contributed by atoms with Gasteiger partial charge in [0.1, 0.15) is 11.5 Å². The fourth-order valence-corrected chi connectivity index (χ4v) is 4.61. The molecule has 0 radical (unpaired) electrons. The number of aryl methyl sites for hydroxylation is 1. The highest BCUT2D eigenvalue weighted by Crippen LogP contribution is 2.40. The minimum atomic E-state index is -0.675. The molecule has 2 aliphatic heterocycles. The van der Waals surface area contributed by atoms with Crippen molar-refractivity contribution in [3.05, 3.63) is 70.8 Å². The van der Waals surface area contributed by atoms with Crippen molar-refractivity contribution in [2.75, 3.05) is 46.0 Å². The minimum absolute atomic E-state index is 0.123. The molecule has 35 heavy (non-hydrogen) atoms. The highest BCUT2D eigenvalue weighted by Gasteiger charge is 2.46. The predicted octanol–water partition coefficient (Wildman–Crippen LogP) is 3.93. The molecule has 7 heteroatoms. The van der Waals surface area contributed by atoms with Crippen molar-refractivity contribution in [2.45, 2.75) is 32.7 Å². The van der Waals surface area contributed by atoms with Gasteiger partial charge in [-0.2, -0.15) is 0 Å². The average Bonchev–Trinajstić information content (AvgIpc) is 3.13. The van der Waals surface area contributed by atoms with E-state index in [1.54, 1.807) is 17.0 Å². The second-order valence-electron chi connectivity index (χ2n) is 9.09. The zero-order valence-electron chi connectivity index (χ0n) is 20.5. The van der Waals surface area contributed by atoms with Crippen LogP contribution in [0.1, 0.15) is 42.5 Å². The van der Waals surface area contributed by atoms with E-state index in [1.165, 1.54) is 0 Å². The van der Waals surface area contributed by atoms with Gasteiger partial charge in [0, 0.05) is 31.7 Å². The van der Waals surface area contributed by atoms with Gasteiger partial charge in [0.05, 0.1) is 31.4 Å². The van der Waals surface area contributed by atoms with E-state index in [4.69, 9.17) is 9.47 Å². The Kier molecular flexibility index (Phi) is 8.21. The summed E-state index contributed by atoms with van der Waals surface area (Å²) in [6, 6.07) is 14.1. The number of morpholine rings is 1. The quantitative estimate of drug-likeness (QED) is 0.334. The fraction of sp³-hybridized carbons (Fsp3) is 0.429. The molecule has 2 heterocycles. The minimum Gasteiger partial charge on any atom is -0.507 e. The van der Waals surface area contributed by atoms with Crippen molar-refractivity contribution in [2.24, 2.45) is 0 Å². The molecule has 1 atom stereocenters. The van der Waals surface area contributed by atoms with Gasteiger partial charge >= 0.3 is 0 Å². The second kappa shape index (κ2) is 11.5. The Bertz CT molecular complexity index is 1070. The van der Waals surface area contributed by atoms with Crippen LogP contribution in [0, 0.1) is 6.92 Å². The van der Waals surface area contributed by atoms with Crippen LogP contribution in [0.25, 0.3) is 5.76 Å². The lowest BCUT2D eigenvalue weighted by Crippen LogP contribution is -2.38. The SMILES string of the molecule is CCCOc1cccc([C@@H]2/C(=C(\O)c3ccc(C)cc3)C(=O)C(=O)N2CCCN2CCOCC2)c1. The van der Waals surface area contributed by atoms with E-state index >= 15 is 0 Å². The number of rotatable bonds is 9. The van der Waals surface area contributed by atoms with Gasteiger partial charge < -0.3 is 19.5 Å². The molecule has 4 rings (SSSR count). The van der Waals surface area contributed by atoms with Gasteiger partial charge in [-0.1, -0.05) is 48.9 Å². The lowest BCUT2D eigenvalue weighted by Gasteiger charge is -2.29. The molecule has 0 spiro atoms. The number of nitrogens with zero attached hydrogens (tertiary/aromatic N) is 2. The molecule has 2 saturated heterocycles. The van der Waals surface area contributed by atoms with Crippen molar-refractivity contribution < 1.29 is 24.2 Å². The second-order valence-corrected chi connectivity index (χ2v) is 9.09. The van der Waals surface area contributed by atoms with Crippen molar-refractivity contribution in [3.63, 3.8) is 0 Å². The first-order valence-electron chi connectivity index (χ1n) is 12.4. The van der Waals surface area contributed by atoms with Gasteiger partial charge in [0.2, 0.25) is 0 Å². The maximum Gasteiger partial charge on any atom is 0.295 e. The maximum atomic E-state index is 13.2. The number of benzene rings is 2. The lowest BCUT2D eigenvalue weighted by molar-refractivity contribution is -0.140. The zero-order valence-corrected chi connectivity index (χ0v) is 20.5. The van der Waals surface area contributed by atoms with Crippen molar-refractivity contribution in [1.82, 2.24) is 9.80 Å². The first-order valence-corrected chi connectivity index (χ1v) is 12.4. The number of hydrogen-bond acceptors (Lipinski definition) is 6. The molecule has 7 nitrogen and oxygen atoms in total. The molecule has 1 amide bonds. The Labute approximate surface area is 206 Å². The van der Waals surface area contributed by atoms with E-state index < -0.39 is 17.7 Å².